The molecular formula is C57H37N4OP. The van der Waals surface area contributed by atoms with E-state index in [0.717, 1.165) is 93.5 Å². The summed E-state index contributed by atoms with van der Waals surface area (Å²) in [6, 6.07) is 77.0. The fourth-order valence-electron chi connectivity index (χ4n) is 9.27. The molecule has 1 aliphatic rings. The highest BCUT2D eigenvalue weighted by Gasteiger charge is 2.42. The van der Waals surface area contributed by atoms with E-state index in [9.17, 15) is 0 Å². The molecule has 11 aromatic rings. The lowest BCUT2D eigenvalue weighted by molar-refractivity contribution is 0.593. The van der Waals surface area contributed by atoms with Gasteiger partial charge in [-0.25, -0.2) is 15.0 Å². The van der Waals surface area contributed by atoms with E-state index in [-0.39, 0.29) is 0 Å². The van der Waals surface area contributed by atoms with E-state index in [0.29, 0.717) is 17.5 Å². The number of aromatic nitrogens is 4. The first-order chi connectivity index (χ1) is 31.1. The van der Waals surface area contributed by atoms with Crippen LogP contribution in [0.4, 0.5) is 0 Å². The number of benzene rings is 9. The third-order valence-corrected chi connectivity index (χ3v) is 15.5. The molecule has 3 heterocycles. The van der Waals surface area contributed by atoms with Crippen molar-refractivity contribution in [2.75, 3.05) is 0 Å². The van der Waals surface area contributed by atoms with Gasteiger partial charge in [0.05, 0.1) is 11.0 Å². The molecule has 63 heavy (non-hydrogen) atoms. The summed E-state index contributed by atoms with van der Waals surface area (Å²) in [4.78, 5) is 15.3. The van der Waals surface area contributed by atoms with E-state index in [1.165, 1.54) is 0 Å². The van der Waals surface area contributed by atoms with Gasteiger partial charge in [-0.2, -0.15) is 0 Å². The smallest absolute Gasteiger partial charge is 0.172 e. The van der Waals surface area contributed by atoms with Crippen LogP contribution in [0.2, 0.25) is 0 Å². The van der Waals surface area contributed by atoms with Crippen LogP contribution >= 0.6 is 7.14 Å². The number of hydrogen-bond donors (Lipinski definition) is 0. The van der Waals surface area contributed by atoms with Crippen LogP contribution in [0.3, 0.4) is 0 Å². The minimum atomic E-state index is -3.21. The van der Waals surface area contributed by atoms with Crippen LogP contribution in [-0.4, -0.2) is 19.5 Å². The molecule has 1 unspecified atom stereocenters. The summed E-state index contributed by atoms with van der Waals surface area (Å²) in [6.45, 7) is 0. The number of nitrogens with zero attached hydrogens (tertiary/aromatic N) is 4. The molecule has 1 atom stereocenters. The van der Waals surface area contributed by atoms with Gasteiger partial charge < -0.3 is 9.13 Å². The van der Waals surface area contributed by atoms with E-state index < -0.39 is 7.14 Å². The minimum Gasteiger partial charge on any atom is -0.309 e. The highest BCUT2D eigenvalue weighted by atomic mass is 31.2. The Labute approximate surface area is 365 Å². The monoisotopic (exact) mass is 824 g/mol. The zero-order valence-corrected chi connectivity index (χ0v) is 34.9. The Morgan fingerprint density at radius 2 is 0.794 bits per heavy atom. The summed E-state index contributed by atoms with van der Waals surface area (Å²) in [6.07, 6.45) is 0. The van der Waals surface area contributed by atoms with Crippen LogP contribution in [0.15, 0.2) is 224 Å². The van der Waals surface area contributed by atoms with E-state index >= 15 is 4.57 Å². The highest BCUT2D eigenvalue weighted by Crippen LogP contribution is 2.55. The van der Waals surface area contributed by atoms with E-state index in [4.69, 9.17) is 15.0 Å². The van der Waals surface area contributed by atoms with Gasteiger partial charge >= 0.3 is 0 Å². The Kier molecular flexibility index (Phi) is 8.70. The number of para-hydroxylation sites is 1. The molecule has 0 bridgehead atoms. The first kappa shape index (κ1) is 36.8. The molecule has 5 nitrogen and oxygen atoms in total. The van der Waals surface area contributed by atoms with Crippen LogP contribution in [-0.2, 0) is 4.57 Å². The van der Waals surface area contributed by atoms with E-state index in [1.807, 2.05) is 60.7 Å². The van der Waals surface area contributed by atoms with Gasteiger partial charge in [-0.3, -0.25) is 0 Å². The molecule has 0 saturated carbocycles. The third-order valence-electron chi connectivity index (χ3n) is 12.3. The van der Waals surface area contributed by atoms with Gasteiger partial charge in [-0.05, 0) is 69.8 Å². The van der Waals surface area contributed by atoms with Gasteiger partial charge in [0.15, 0.2) is 24.6 Å². The molecule has 9 aromatic carbocycles. The summed E-state index contributed by atoms with van der Waals surface area (Å²) < 4.78 is 18.2. The van der Waals surface area contributed by atoms with Gasteiger partial charge in [0.1, 0.15) is 0 Å². The second-order valence-corrected chi connectivity index (χ2v) is 18.6. The summed E-state index contributed by atoms with van der Waals surface area (Å²) in [5.74, 6) is 1.79. The molecule has 0 spiro atoms. The molecular weight excluding hydrogens is 788 g/mol. The van der Waals surface area contributed by atoms with Gasteiger partial charge in [0, 0.05) is 49.1 Å². The normalized spacial score (nSPS) is 14.2. The molecule has 0 aliphatic carbocycles. The molecule has 296 valence electrons. The number of rotatable bonds is 7. The quantitative estimate of drug-likeness (QED) is 0.150. The van der Waals surface area contributed by atoms with Crippen LogP contribution in [0, 0.1) is 0 Å². The van der Waals surface area contributed by atoms with Crippen molar-refractivity contribution in [3.8, 4) is 73.2 Å². The largest absolute Gasteiger partial charge is 0.309 e. The van der Waals surface area contributed by atoms with Crippen molar-refractivity contribution in [2.45, 2.75) is 0 Å². The van der Waals surface area contributed by atoms with Crippen molar-refractivity contribution >= 4 is 44.9 Å². The SMILES string of the molecule is O=P1(c2ccccc2)c2ccccc2-c2ccc3c(c21)c1ccccc1n3-c1ccc(-c2nc(-c3ccc(-c4ccccc4)cc3)nc(-c3ccc(-c4ccccc4)cc3)n2)cc1. The predicted octanol–water partition coefficient (Wildman–Crippen LogP) is 12.9. The third kappa shape index (κ3) is 6.08. The van der Waals surface area contributed by atoms with Crippen LogP contribution in [0.1, 0.15) is 0 Å². The van der Waals surface area contributed by atoms with E-state index in [1.54, 1.807) is 0 Å². The first-order valence-electron chi connectivity index (χ1n) is 21.1. The molecule has 6 heteroatoms. The lowest BCUT2D eigenvalue weighted by Crippen LogP contribution is -2.21. The van der Waals surface area contributed by atoms with Gasteiger partial charge in [0.2, 0.25) is 0 Å². The van der Waals surface area contributed by atoms with Crippen LogP contribution in [0.25, 0.3) is 95.0 Å². The Morgan fingerprint density at radius 1 is 0.349 bits per heavy atom. The maximum absolute atomic E-state index is 15.9. The molecule has 12 rings (SSSR count). The second-order valence-electron chi connectivity index (χ2n) is 15.9. The maximum Gasteiger partial charge on any atom is 0.172 e. The fraction of sp³-hybridized carbons (Fsp3) is 0. The molecule has 0 radical (unpaired) electrons. The first-order valence-corrected chi connectivity index (χ1v) is 22.8. The fourth-order valence-corrected chi connectivity index (χ4v) is 12.6. The molecule has 2 aromatic heterocycles. The van der Waals surface area contributed by atoms with Crippen molar-refractivity contribution in [3.05, 3.63) is 224 Å². The second kappa shape index (κ2) is 14.9. The predicted molar refractivity (Wildman–Crippen MR) is 260 cm³/mol. The van der Waals surface area contributed by atoms with Gasteiger partial charge in [-0.15, -0.1) is 0 Å². The summed E-state index contributed by atoms with van der Waals surface area (Å²) in [5, 5.41) is 4.76. The average molecular weight is 825 g/mol. The summed E-state index contributed by atoms with van der Waals surface area (Å²) in [5.41, 5.74) is 12.4. The molecule has 0 N–H and O–H groups in total. The molecule has 0 saturated heterocycles. The lowest BCUT2D eigenvalue weighted by Gasteiger charge is -2.17. The van der Waals surface area contributed by atoms with Crippen molar-refractivity contribution in [2.24, 2.45) is 0 Å². The van der Waals surface area contributed by atoms with Gasteiger partial charge in [0.25, 0.3) is 0 Å². The number of hydrogen-bond acceptors (Lipinski definition) is 4. The van der Waals surface area contributed by atoms with Crippen molar-refractivity contribution in [1.29, 1.82) is 0 Å². The van der Waals surface area contributed by atoms with Crippen molar-refractivity contribution < 1.29 is 4.57 Å². The summed E-state index contributed by atoms with van der Waals surface area (Å²) in [7, 11) is -3.21. The Hall–Kier alpha value is -7.98. The molecule has 0 amide bonds. The van der Waals surface area contributed by atoms with Crippen molar-refractivity contribution in [3.63, 3.8) is 0 Å². The van der Waals surface area contributed by atoms with Crippen molar-refractivity contribution in [1.82, 2.24) is 19.5 Å². The van der Waals surface area contributed by atoms with Crippen LogP contribution in [0.5, 0.6) is 0 Å². The Morgan fingerprint density at radius 3 is 1.37 bits per heavy atom. The zero-order chi connectivity index (χ0) is 41.9. The van der Waals surface area contributed by atoms with Gasteiger partial charge in [-0.1, -0.05) is 188 Å². The maximum atomic E-state index is 15.9. The topological polar surface area (TPSA) is 60.7 Å². The summed E-state index contributed by atoms with van der Waals surface area (Å²) >= 11 is 0. The highest BCUT2D eigenvalue weighted by molar-refractivity contribution is 7.86. The zero-order valence-electron chi connectivity index (χ0n) is 34.0. The number of fused-ring (bicyclic) bond motifs is 7. The minimum absolute atomic E-state index is 0.586. The lowest BCUT2D eigenvalue weighted by atomic mass is 10.0. The standard InChI is InChI=1S/C57H37N4OP/c62-63(46-18-8-3-9-19-46)52-23-13-11-20-47(52)48-36-37-51-53(54(48)63)49-21-10-12-22-50(49)61(51)45-34-32-44(33-35-45)57-59-55(42-28-24-40(25-29-42)38-14-4-1-5-15-38)58-56(60-57)43-30-26-41(27-31-43)39-16-6-2-7-17-39/h1-37H. The average Bonchev–Trinajstić information content (AvgIpc) is 3.84. The Bertz CT molecular complexity index is 3450. The Balaban J connectivity index is 0.985. The molecule has 1 aliphatic heterocycles. The van der Waals surface area contributed by atoms with E-state index in [2.05, 4.69) is 168 Å². The van der Waals surface area contributed by atoms with Crippen LogP contribution < -0.4 is 15.9 Å². The molecule has 0 fully saturated rings.